The molecule has 0 spiro atoms. The molecule has 104 valence electrons. The SMILES string of the molecule is CCN(C(=O)c1cc(N)nc(Cl)c1)c1ccccc1F. The van der Waals surface area contributed by atoms with Crippen LogP contribution in [0.25, 0.3) is 0 Å². The van der Waals surface area contributed by atoms with Crippen LogP contribution in [0.15, 0.2) is 36.4 Å². The number of para-hydroxylation sites is 1. The number of carbonyl (C=O) groups excluding carboxylic acids is 1. The number of anilines is 2. The maximum atomic E-state index is 13.8. The minimum atomic E-state index is -0.462. The van der Waals surface area contributed by atoms with Gasteiger partial charge in [0.1, 0.15) is 16.8 Å². The van der Waals surface area contributed by atoms with Crippen molar-refractivity contribution in [1.29, 1.82) is 0 Å². The van der Waals surface area contributed by atoms with Crippen molar-refractivity contribution in [2.24, 2.45) is 0 Å². The van der Waals surface area contributed by atoms with E-state index in [0.29, 0.717) is 6.54 Å². The summed E-state index contributed by atoms with van der Waals surface area (Å²) in [5.41, 5.74) is 6.05. The number of carbonyl (C=O) groups is 1. The van der Waals surface area contributed by atoms with Crippen LogP contribution in [0, 0.1) is 5.82 Å². The zero-order valence-electron chi connectivity index (χ0n) is 10.8. The molecule has 20 heavy (non-hydrogen) atoms. The molecule has 0 saturated carbocycles. The summed E-state index contributed by atoms with van der Waals surface area (Å²) in [5.74, 6) is -0.699. The van der Waals surface area contributed by atoms with Gasteiger partial charge in [0.05, 0.1) is 5.69 Å². The molecule has 1 heterocycles. The number of rotatable bonds is 3. The van der Waals surface area contributed by atoms with E-state index in [1.165, 1.54) is 23.1 Å². The Labute approximate surface area is 121 Å². The highest BCUT2D eigenvalue weighted by Crippen LogP contribution is 2.22. The molecule has 2 N–H and O–H groups in total. The minimum Gasteiger partial charge on any atom is -0.384 e. The molecule has 0 aliphatic rings. The Hall–Kier alpha value is -2.14. The molecule has 0 saturated heterocycles. The molecular weight excluding hydrogens is 281 g/mol. The van der Waals surface area contributed by atoms with Crippen LogP contribution < -0.4 is 10.6 Å². The fraction of sp³-hybridized carbons (Fsp3) is 0.143. The highest BCUT2D eigenvalue weighted by atomic mass is 35.5. The Morgan fingerprint density at radius 1 is 1.40 bits per heavy atom. The van der Waals surface area contributed by atoms with E-state index in [1.54, 1.807) is 25.1 Å². The van der Waals surface area contributed by atoms with Crippen LogP contribution in [0.1, 0.15) is 17.3 Å². The van der Waals surface area contributed by atoms with Gasteiger partial charge in [-0.3, -0.25) is 4.79 Å². The lowest BCUT2D eigenvalue weighted by Crippen LogP contribution is -2.31. The Balaban J connectivity index is 2.42. The van der Waals surface area contributed by atoms with Gasteiger partial charge in [-0.05, 0) is 31.2 Å². The quantitative estimate of drug-likeness (QED) is 0.885. The normalized spacial score (nSPS) is 10.3. The number of benzene rings is 1. The monoisotopic (exact) mass is 293 g/mol. The molecule has 0 fully saturated rings. The number of nitrogen functional groups attached to an aromatic ring is 1. The molecule has 1 aromatic heterocycles. The average Bonchev–Trinajstić information content (AvgIpc) is 2.40. The van der Waals surface area contributed by atoms with Crippen molar-refractivity contribution in [3.05, 3.63) is 52.9 Å². The topological polar surface area (TPSA) is 59.2 Å². The smallest absolute Gasteiger partial charge is 0.258 e. The maximum Gasteiger partial charge on any atom is 0.258 e. The number of hydrogen-bond donors (Lipinski definition) is 1. The Kier molecular flexibility index (Phi) is 4.20. The fourth-order valence-electron chi connectivity index (χ4n) is 1.89. The standard InChI is InChI=1S/C14H13ClFN3O/c1-2-19(11-6-4-3-5-10(11)16)14(20)9-7-12(15)18-13(17)8-9/h3-8H,2H2,1H3,(H2,17,18). The third-order valence-corrected chi connectivity index (χ3v) is 2.96. The van der Waals surface area contributed by atoms with Crippen LogP contribution in [0.4, 0.5) is 15.9 Å². The number of aromatic nitrogens is 1. The molecule has 0 atom stereocenters. The highest BCUT2D eigenvalue weighted by molar-refractivity contribution is 6.30. The highest BCUT2D eigenvalue weighted by Gasteiger charge is 2.19. The van der Waals surface area contributed by atoms with Gasteiger partial charge < -0.3 is 10.6 Å². The zero-order valence-corrected chi connectivity index (χ0v) is 11.6. The summed E-state index contributed by atoms with van der Waals surface area (Å²) in [4.78, 5) is 17.6. The van der Waals surface area contributed by atoms with E-state index in [-0.39, 0.29) is 28.1 Å². The van der Waals surface area contributed by atoms with E-state index in [9.17, 15) is 9.18 Å². The number of hydrogen-bond acceptors (Lipinski definition) is 3. The summed E-state index contributed by atoms with van der Waals surface area (Å²) < 4.78 is 13.8. The lowest BCUT2D eigenvalue weighted by atomic mass is 10.2. The molecule has 1 aromatic carbocycles. The van der Waals surface area contributed by atoms with Crippen LogP contribution in [-0.4, -0.2) is 17.4 Å². The molecule has 4 nitrogen and oxygen atoms in total. The van der Waals surface area contributed by atoms with Crippen molar-refractivity contribution >= 4 is 29.0 Å². The van der Waals surface area contributed by atoms with E-state index < -0.39 is 5.82 Å². The van der Waals surface area contributed by atoms with E-state index in [2.05, 4.69) is 4.98 Å². The number of halogens is 2. The summed E-state index contributed by atoms with van der Waals surface area (Å²) in [6, 6.07) is 8.91. The van der Waals surface area contributed by atoms with Crippen molar-refractivity contribution in [2.45, 2.75) is 6.92 Å². The van der Waals surface area contributed by atoms with E-state index >= 15 is 0 Å². The second-order valence-corrected chi connectivity index (χ2v) is 4.49. The fourth-order valence-corrected chi connectivity index (χ4v) is 2.11. The molecule has 6 heteroatoms. The predicted octanol–water partition coefficient (Wildman–Crippen LogP) is 3.12. The molecule has 0 aliphatic carbocycles. The van der Waals surface area contributed by atoms with Crippen molar-refractivity contribution in [1.82, 2.24) is 4.98 Å². The van der Waals surface area contributed by atoms with Gasteiger partial charge in [0, 0.05) is 12.1 Å². The summed E-state index contributed by atoms with van der Waals surface area (Å²) in [7, 11) is 0. The molecule has 2 aromatic rings. The minimum absolute atomic E-state index is 0.123. The largest absolute Gasteiger partial charge is 0.384 e. The van der Waals surface area contributed by atoms with Gasteiger partial charge in [0.25, 0.3) is 5.91 Å². The summed E-state index contributed by atoms with van der Waals surface area (Å²) in [6.45, 7) is 2.08. The maximum absolute atomic E-state index is 13.8. The third-order valence-electron chi connectivity index (χ3n) is 2.77. The van der Waals surface area contributed by atoms with Crippen molar-refractivity contribution in [3.63, 3.8) is 0 Å². The van der Waals surface area contributed by atoms with E-state index in [1.807, 2.05) is 0 Å². The number of amides is 1. The van der Waals surface area contributed by atoms with Crippen molar-refractivity contribution < 1.29 is 9.18 Å². The van der Waals surface area contributed by atoms with E-state index in [4.69, 9.17) is 17.3 Å². The lowest BCUT2D eigenvalue weighted by Gasteiger charge is -2.21. The molecular formula is C14H13ClFN3O. The Morgan fingerprint density at radius 2 is 2.10 bits per heavy atom. The summed E-state index contributed by atoms with van der Waals surface area (Å²) in [6.07, 6.45) is 0. The van der Waals surface area contributed by atoms with Gasteiger partial charge >= 0.3 is 0 Å². The summed E-state index contributed by atoms with van der Waals surface area (Å²) in [5, 5.41) is 0.123. The molecule has 0 radical (unpaired) electrons. The third kappa shape index (κ3) is 2.88. The van der Waals surface area contributed by atoms with Crippen LogP contribution >= 0.6 is 11.6 Å². The first kappa shape index (κ1) is 14.3. The van der Waals surface area contributed by atoms with Crippen molar-refractivity contribution in [2.75, 3.05) is 17.2 Å². The van der Waals surface area contributed by atoms with Gasteiger partial charge in [0.15, 0.2) is 0 Å². The zero-order chi connectivity index (χ0) is 14.7. The number of pyridine rings is 1. The van der Waals surface area contributed by atoms with Gasteiger partial charge in [0.2, 0.25) is 0 Å². The first-order chi connectivity index (χ1) is 9.52. The average molecular weight is 294 g/mol. The van der Waals surface area contributed by atoms with Crippen LogP contribution in [0.2, 0.25) is 5.15 Å². The van der Waals surface area contributed by atoms with Crippen LogP contribution in [0.5, 0.6) is 0 Å². The molecule has 0 aliphatic heterocycles. The van der Waals surface area contributed by atoms with Crippen LogP contribution in [0.3, 0.4) is 0 Å². The van der Waals surface area contributed by atoms with E-state index in [0.717, 1.165) is 0 Å². The van der Waals surface area contributed by atoms with Crippen LogP contribution in [-0.2, 0) is 0 Å². The number of nitrogens with two attached hydrogens (primary N) is 1. The molecule has 0 bridgehead atoms. The Bertz CT molecular complexity index is 628. The lowest BCUT2D eigenvalue weighted by molar-refractivity contribution is 0.0987. The van der Waals surface area contributed by atoms with Crippen molar-refractivity contribution in [3.8, 4) is 0 Å². The second kappa shape index (κ2) is 5.88. The Morgan fingerprint density at radius 3 is 2.70 bits per heavy atom. The predicted molar refractivity (Wildman–Crippen MR) is 77.4 cm³/mol. The summed E-state index contributed by atoms with van der Waals surface area (Å²) >= 11 is 5.78. The van der Waals surface area contributed by atoms with Gasteiger partial charge in [-0.2, -0.15) is 0 Å². The first-order valence-corrected chi connectivity index (χ1v) is 6.40. The van der Waals surface area contributed by atoms with Gasteiger partial charge in [-0.15, -0.1) is 0 Å². The van der Waals surface area contributed by atoms with Gasteiger partial charge in [-0.25, -0.2) is 9.37 Å². The molecule has 2 rings (SSSR count). The second-order valence-electron chi connectivity index (χ2n) is 4.10. The first-order valence-electron chi connectivity index (χ1n) is 6.02. The molecule has 1 amide bonds. The number of nitrogens with zero attached hydrogens (tertiary/aromatic N) is 2. The van der Waals surface area contributed by atoms with Gasteiger partial charge in [-0.1, -0.05) is 23.7 Å². The molecule has 0 unspecified atom stereocenters.